The van der Waals surface area contributed by atoms with Gasteiger partial charge < -0.3 is 15.3 Å². The van der Waals surface area contributed by atoms with Gasteiger partial charge in [0.25, 0.3) is 5.91 Å². The SMILES string of the molecule is CC(C)c1cnc(NC(=O)C(C)c2ccc(N3CCC(O)C3=O)cc2)s1. The molecule has 26 heavy (non-hydrogen) atoms. The number of hydrogen-bond acceptors (Lipinski definition) is 5. The van der Waals surface area contributed by atoms with Crippen molar-refractivity contribution in [3.8, 4) is 0 Å². The van der Waals surface area contributed by atoms with Gasteiger partial charge in [-0.25, -0.2) is 4.98 Å². The Kier molecular flexibility index (Phi) is 5.38. The zero-order chi connectivity index (χ0) is 18.8. The molecule has 1 aliphatic rings. The lowest BCUT2D eigenvalue weighted by Gasteiger charge is -2.17. The molecule has 1 aromatic heterocycles. The Labute approximate surface area is 156 Å². The molecular formula is C19H23N3O3S. The highest BCUT2D eigenvalue weighted by molar-refractivity contribution is 7.15. The van der Waals surface area contributed by atoms with Gasteiger partial charge in [0.05, 0.1) is 5.92 Å². The van der Waals surface area contributed by atoms with E-state index in [1.54, 1.807) is 11.1 Å². The first kappa shape index (κ1) is 18.5. The lowest BCUT2D eigenvalue weighted by atomic mass is 10.00. The number of hydrogen-bond donors (Lipinski definition) is 2. The highest BCUT2D eigenvalue weighted by Crippen LogP contribution is 2.28. The quantitative estimate of drug-likeness (QED) is 0.844. The Balaban J connectivity index is 1.66. The standard InChI is InChI=1S/C19H23N3O3S/c1-11(2)16-10-20-19(26-16)21-17(24)12(3)13-4-6-14(7-5-13)22-9-8-15(23)18(22)25/h4-7,10-12,15,23H,8-9H2,1-3H3,(H,20,21,24). The second-order valence-corrected chi connectivity index (χ2v) is 7.88. The molecule has 2 aromatic rings. The predicted octanol–water partition coefficient (Wildman–Crippen LogP) is 3.11. The Bertz CT molecular complexity index is 801. The van der Waals surface area contributed by atoms with Crippen LogP contribution in [0.4, 0.5) is 10.8 Å². The number of nitrogens with zero attached hydrogens (tertiary/aromatic N) is 2. The van der Waals surface area contributed by atoms with E-state index in [4.69, 9.17) is 0 Å². The molecule has 2 unspecified atom stereocenters. The fourth-order valence-electron chi connectivity index (χ4n) is 2.84. The number of benzene rings is 1. The maximum absolute atomic E-state index is 12.5. The van der Waals surface area contributed by atoms with Crippen LogP contribution < -0.4 is 10.2 Å². The normalized spacial score (nSPS) is 18.4. The van der Waals surface area contributed by atoms with Crippen molar-refractivity contribution in [3.63, 3.8) is 0 Å². The number of amides is 2. The van der Waals surface area contributed by atoms with Crippen molar-refractivity contribution >= 4 is 34.0 Å². The third-order valence-electron chi connectivity index (χ3n) is 4.60. The summed E-state index contributed by atoms with van der Waals surface area (Å²) in [6, 6.07) is 7.32. The summed E-state index contributed by atoms with van der Waals surface area (Å²) in [7, 11) is 0. The minimum Gasteiger partial charge on any atom is -0.383 e. The maximum atomic E-state index is 12.5. The Morgan fingerprint density at radius 2 is 2.00 bits per heavy atom. The van der Waals surface area contributed by atoms with Crippen molar-refractivity contribution in [1.29, 1.82) is 0 Å². The van der Waals surface area contributed by atoms with Crippen molar-refractivity contribution in [2.75, 3.05) is 16.8 Å². The molecule has 2 atom stereocenters. The second kappa shape index (κ2) is 7.55. The lowest BCUT2D eigenvalue weighted by Crippen LogP contribution is -2.29. The maximum Gasteiger partial charge on any atom is 0.255 e. The fraction of sp³-hybridized carbons (Fsp3) is 0.421. The smallest absolute Gasteiger partial charge is 0.255 e. The molecule has 1 aromatic carbocycles. The van der Waals surface area contributed by atoms with Crippen molar-refractivity contribution in [3.05, 3.63) is 40.9 Å². The summed E-state index contributed by atoms with van der Waals surface area (Å²) in [5.41, 5.74) is 1.60. The van der Waals surface area contributed by atoms with Crippen LogP contribution in [0.2, 0.25) is 0 Å². The molecule has 1 fully saturated rings. The first-order chi connectivity index (χ1) is 12.4. The fourth-order valence-corrected chi connectivity index (χ4v) is 3.66. The molecule has 2 heterocycles. The van der Waals surface area contributed by atoms with Gasteiger partial charge in [-0.05, 0) is 30.5 Å². The van der Waals surface area contributed by atoms with Crippen LogP contribution in [0.25, 0.3) is 0 Å². The molecule has 0 spiro atoms. The molecule has 7 heteroatoms. The molecule has 1 saturated heterocycles. The average molecular weight is 373 g/mol. The molecule has 6 nitrogen and oxygen atoms in total. The van der Waals surface area contributed by atoms with Crippen LogP contribution in [-0.2, 0) is 9.59 Å². The van der Waals surface area contributed by atoms with Crippen molar-refractivity contribution < 1.29 is 14.7 Å². The van der Waals surface area contributed by atoms with Crippen LogP contribution in [0.1, 0.15) is 49.5 Å². The zero-order valence-electron chi connectivity index (χ0n) is 15.1. The Morgan fingerprint density at radius 3 is 2.54 bits per heavy atom. The first-order valence-electron chi connectivity index (χ1n) is 8.72. The van der Waals surface area contributed by atoms with Gasteiger partial charge in [-0.2, -0.15) is 0 Å². The van der Waals surface area contributed by atoms with Gasteiger partial charge in [-0.3, -0.25) is 9.59 Å². The third-order valence-corrected chi connectivity index (χ3v) is 5.81. The van der Waals surface area contributed by atoms with E-state index in [9.17, 15) is 14.7 Å². The van der Waals surface area contributed by atoms with Crippen molar-refractivity contribution in [2.24, 2.45) is 0 Å². The molecule has 0 bridgehead atoms. The van der Waals surface area contributed by atoms with E-state index >= 15 is 0 Å². The van der Waals surface area contributed by atoms with Gasteiger partial charge in [0.2, 0.25) is 5.91 Å². The second-order valence-electron chi connectivity index (χ2n) is 6.82. The summed E-state index contributed by atoms with van der Waals surface area (Å²) < 4.78 is 0. The number of anilines is 2. The van der Waals surface area contributed by atoms with E-state index in [2.05, 4.69) is 24.1 Å². The van der Waals surface area contributed by atoms with E-state index in [1.807, 2.05) is 31.2 Å². The Hall–Kier alpha value is -2.25. The van der Waals surface area contributed by atoms with Crippen LogP contribution in [0.5, 0.6) is 0 Å². The van der Waals surface area contributed by atoms with Gasteiger partial charge in [0.15, 0.2) is 5.13 Å². The van der Waals surface area contributed by atoms with Crippen molar-refractivity contribution in [1.82, 2.24) is 4.98 Å². The number of thiazole rings is 1. The molecule has 2 N–H and O–H groups in total. The van der Waals surface area contributed by atoms with Gasteiger partial charge >= 0.3 is 0 Å². The molecule has 0 radical (unpaired) electrons. The molecule has 138 valence electrons. The van der Waals surface area contributed by atoms with E-state index in [1.165, 1.54) is 11.3 Å². The molecule has 0 saturated carbocycles. The number of aliphatic hydroxyl groups is 1. The highest BCUT2D eigenvalue weighted by atomic mass is 32.1. The average Bonchev–Trinajstić information content (AvgIpc) is 3.22. The van der Waals surface area contributed by atoms with Gasteiger partial charge in [0.1, 0.15) is 6.10 Å². The van der Waals surface area contributed by atoms with Gasteiger partial charge in [-0.1, -0.05) is 26.0 Å². The zero-order valence-corrected chi connectivity index (χ0v) is 15.9. The topological polar surface area (TPSA) is 82.5 Å². The first-order valence-corrected chi connectivity index (χ1v) is 9.54. The van der Waals surface area contributed by atoms with E-state index in [0.717, 1.165) is 16.1 Å². The van der Waals surface area contributed by atoms with Crippen LogP contribution in [0.15, 0.2) is 30.5 Å². The van der Waals surface area contributed by atoms with Crippen LogP contribution in [0, 0.1) is 0 Å². The number of carbonyl (C=O) groups excluding carboxylic acids is 2. The molecule has 3 rings (SSSR count). The minimum atomic E-state index is -0.909. The van der Waals surface area contributed by atoms with Crippen molar-refractivity contribution in [2.45, 2.75) is 45.1 Å². The van der Waals surface area contributed by atoms with Crippen LogP contribution >= 0.6 is 11.3 Å². The van der Waals surface area contributed by atoms with E-state index < -0.39 is 6.10 Å². The van der Waals surface area contributed by atoms with Crippen LogP contribution in [-0.4, -0.2) is 34.6 Å². The Morgan fingerprint density at radius 1 is 1.31 bits per heavy atom. The summed E-state index contributed by atoms with van der Waals surface area (Å²) in [5.74, 6) is -0.339. The predicted molar refractivity (Wildman–Crippen MR) is 103 cm³/mol. The summed E-state index contributed by atoms with van der Waals surface area (Å²) in [6.07, 6.45) is 1.34. The molecule has 1 aliphatic heterocycles. The van der Waals surface area contributed by atoms with Gasteiger partial charge in [0, 0.05) is 29.7 Å². The lowest BCUT2D eigenvalue weighted by molar-refractivity contribution is -0.124. The number of rotatable bonds is 5. The summed E-state index contributed by atoms with van der Waals surface area (Å²) in [6.45, 7) is 6.53. The monoisotopic (exact) mass is 373 g/mol. The number of aliphatic hydroxyl groups excluding tert-OH is 1. The van der Waals surface area contributed by atoms with E-state index in [-0.39, 0.29) is 17.7 Å². The molecule has 2 amide bonds. The number of nitrogens with one attached hydrogen (secondary N) is 1. The van der Waals surface area contributed by atoms with Gasteiger partial charge in [-0.15, -0.1) is 11.3 Å². The third kappa shape index (κ3) is 3.78. The number of carbonyl (C=O) groups is 2. The minimum absolute atomic E-state index is 0.116. The van der Waals surface area contributed by atoms with E-state index in [0.29, 0.717) is 24.0 Å². The number of aromatic nitrogens is 1. The molecule has 0 aliphatic carbocycles. The summed E-state index contributed by atoms with van der Waals surface area (Å²) in [4.78, 5) is 31.3. The largest absolute Gasteiger partial charge is 0.383 e. The summed E-state index contributed by atoms with van der Waals surface area (Å²) >= 11 is 1.49. The molecular weight excluding hydrogens is 350 g/mol. The highest BCUT2D eigenvalue weighted by Gasteiger charge is 2.30. The van der Waals surface area contributed by atoms with Crippen LogP contribution in [0.3, 0.4) is 0 Å². The summed E-state index contributed by atoms with van der Waals surface area (Å²) in [5, 5.41) is 13.1.